The van der Waals surface area contributed by atoms with Crippen LogP contribution in [0.2, 0.25) is 0 Å². The molecule has 0 aliphatic carbocycles. The molecule has 3 heteroatoms. The van der Waals surface area contributed by atoms with Gasteiger partial charge in [0, 0.05) is 19.8 Å². The van der Waals surface area contributed by atoms with E-state index in [9.17, 15) is 5.11 Å². The first-order valence-electron chi connectivity index (χ1n) is 5.75. The van der Waals surface area contributed by atoms with E-state index in [0.717, 1.165) is 45.5 Å². The Hall–Kier alpha value is -0.120. The molecular weight excluding hydrogens is 180 g/mol. The minimum atomic E-state index is -0.265. The van der Waals surface area contributed by atoms with Crippen LogP contribution in [0.15, 0.2) is 0 Å². The van der Waals surface area contributed by atoms with Gasteiger partial charge in [-0.2, -0.15) is 0 Å². The van der Waals surface area contributed by atoms with Crippen molar-refractivity contribution in [3.63, 3.8) is 0 Å². The van der Waals surface area contributed by atoms with Gasteiger partial charge in [-0.05, 0) is 38.0 Å². The molecule has 0 bridgehead atoms. The van der Waals surface area contributed by atoms with Gasteiger partial charge in [-0.1, -0.05) is 0 Å². The van der Waals surface area contributed by atoms with Crippen LogP contribution in [0.5, 0.6) is 0 Å². The highest BCUT2D eigenvalue weighted by atomic mass is 16.5. The van der Waals surface area contributed by atoms with E-state index >= 15 is 0 Å². The Morgan fingerprint density at radius 1 is 1.00 bits per heavy atom. The molecule has 0 aromatic rings. The molecule has 2 atom stereocenters. The third-order valence-electron chi connectivity index (χ3n) is 3.34. The fourth-order valence-electron chi connectivity index (χ4n) is 2.40. The van der Waals surface area contributed by atoms with Gasteiger partial charge in [0.2, 0.25) is 0 Å². The van der Waals surface area contributed by atoms with Crippen LogP contribution in [0.25, 0.3) is 0 Å². The number of hydrogen-bond acceptors (Lipinski definition) is 3. The third kappa shape index (κ3) is 2.47. The van der Waals surface area contributed by atoms with Crippen molar-refractivity contribution in [3.05, 3.63) is 0 Å². The van der Waals surface area contributed by atoms with Crippen LogP contribution in [-0.2, 0) is 9.47 Å². The predicted octanol–water partition coefficient (Wildman–Crippen LogP) is 1.34. The molecule has 14 heavy (non-hydrogen) atoms. The summed E-state index contributed by atoms with van der Waals surface area (Å²) >= 11 is 0. The molecule has 2 unspecified atom stereocenters. The number of ether oxygens (including phenoxy) is 2. The first-order valence-corrected chi connectivity index (χ1v) is 5.75. The number of hydrogen-bond donors (Lipinski definition) is 1. The zero-order valence-electron chi connectivity index (χ0n) is 8.65. The lowest BCUT2D eigenvalue weighted by Gasteiger charge is -2.34. The Morgan fingerprint density at radius 2 is 1.79 bits per heavy atom. The lowest BCUT2D eigenvalue weighted by molar-refractivity contribution is -0.0996. The van der Waals surface area contributed by atoms with Crippen molar-refractivity contribution in [3.8, 4) is 0 Å². The molecule has 0 aromatic heterocycles. The van der Waals surface area contributed by atoms with Gasteiger partial charge >= 0.3 is 0 Å². The smallest absolute Gasteiger partial charge is 0.0836 e. The first-order chi connectivity index (χ1) is 6.88. The second-order valence-electron chi connectivity index (χ2n) is 4.35. The van der Waals surface area contributed by atoms with Gasteiger partial charge in [0.1, 0.15) is 0 Å². The highest BCUT2D eigenvalue weighted by Crippen LogP contribution is 2.26. The average Bonchev–Trinajstić information content (AvgIpc) is 2.30. The molecule has 0 saturated carbocycles. The molecule has 2 aliphatic heterocycles. The Morgan fingerprint density at radius 3 is 2.43 bits per heavy atom. The van der Waals surface area contributed by atoms with Gasteiger partial charge in [0.15, 0.2) is 0 Å². The van der Waals surface area contributed by atoms with Crippen molar-refractivity contribution in [1.29, 1.82) is 0 Å². The molecule has 3 nitrogen and oxygen atoms in total. The molecule has 2 saturated heterocycles. The van der Waals surface area contributed by atoms with Crippen molar-refractivity contribution in [1.82, 2.24) is 0 Å². The topological polar surface area (TPSA) is 38.7 Å². The Labute approximate surface area is 85.4 Å². The Bertz CT molecular complexity index is 142. The second-order valence-corrected chi connectivity index (χ2v) is 4.35. The van der Waals surface area contributed by atoms with E-state index in [1.807, 2.05) is 0 Å². The molecule has 2 fully saturated rings. The van der Waals surface area contributed by atoms with Gasteiger partial charge in [-0.3, -0.25) is 0 Å². The standard InChI is InChI=1S/C11H20O3/c12-11(9-4-7-13-8-5-9)10-3-1-2-6-14-10/h9-12H,1-8H2. The van der Waals surface area contributed by atoms with E-state index in [4.69, 9.17) is 9.47 Å². The van der Waals surface area contributed by atoms with Crippen LogP contribution in [0, 0.1) is 5.92 Å². The largest absolute Gasteiger partial charge is 0.390 e. The zero-order chi connectivity index (χ0) is 9.80. The Kier molecular flexibility index (Phi) is 3.79. The molecule has 1 N–H and O–H groups in total. The molecule has 2 heterocycles. The van der Waals surface area contributed by atoms with Crippen LogP contribution < -0.4 is 0 Å². The predicted molar refractivity (Wildman–Crippen MR) is 53.1 cm³/mol. The van der Waals surface area contributed by atoms with Crippen LogP contribution in [0.4, 0.5) is 0 Å². The number of aliphatic hydroxyl groups excluding tert-OH is 1. The normalized spacial score (nSPS) is 32.8. The molecular formula is C11H20O3. The highest BCUT2D eigenvalue weighted by Gasteiger charge is 2.30. The summed E-state index contributed by atoms with van der Waals surface area (Å²) in [5.74, 6) is 0.395. The fourth-order valence-corrected chi connectivity index (χ4v) is 2.40. The summed E-state index contributed by atoms with van der Waals surface area (Å²) in [6.45, 7) is 2.42. The molecule has 82 valence electrons. The summed E-state index contributed by atoms with van der Waals surface area (Å²) in [4.78, 5) is 0. The van der Waals surface area contributed by atoms with Crippen molar-refractivity contribution in [2.75, 3.05) is 19.8 Å². The van der Waals surface area contributed by atoms with Crippen molar-refractivity contribution < 1.29 is 14.6 Å². The summed E-state index contributed by atoms with van der Waals surface area (Å²) in [6.07, 6.45) is 5.17. The quantitative estimate of drug-likeness (QED) is 0.731. The first kappa shape index (κ1) is 10.4. The van der Waals surface area contributed by atoms with Crippen LogP contribution in [-0.4, -0.2) is 37.1 Å². The summed E-state index contributed by atoms with van der Waals surface area (Å²) in [7, 11) is 0. The van der Waals surface area contributed by atoms with Gasteiger partial charge < -0.3 is 14.6 Å². The highest BCUT2D eigenvalue weighted by molar-refractivity contribution is 4.80. The lowest BCUT2D eigenvalue weighted by Crippen LogP contribution is -2.39. The van der Waals surface area contributed by atoms with Crippen molar-refractivity contribution in [2.24, 2.45) is 5.92 Å². The number of rotatable bonds is 2. The number of aliphatic hydroxyl groups is 1. The molecule has 0 aromatic carbocycles. The molecule has 0 amide bonds. The molecule has 2 aliphatic rings. The zero-order valence-corrected chi connectivity index (χ0v) is 8.65. The van der Waals surface area contributed by atoms with Gasteiger partial charge in [-0.15, -0.1) is 0 Å². The Balaban J connectivity index is 1.82. The fraction of sp³-hybridized carbons (Fsp3) is 1.00. The van der Waals surface area contributed by atoms with Gasteiger partial charge in [0.05, 0.1) is 12.2 Å². The van der Waals surface area contributed by atoms with Gasteiger partial charge in [0.25, 0.3) is 0 Å². The van der Waals surface area contributed by atoms with Gasteiger partial charge in [-0.25, -0.2) is 0 Å². The summed E-state index contributed by atoms with van der Waals surface area (Å²) in [5, 5.41) is 10.1. The lowest BCUT2D eigenvalue weighted by atomic mass is 9.88. The molecule has 0 radical (unpaired) electrons. The monoisotopic (exact) mass is 200 g/mol. The maximum atomic E-state index is 10.1. The minimum absolute atomic E-state index is 0.0897. The maximum absolute atomic E-state index is 10.1. The van der Waals surface area contributed by atoms with E-state index in [2.05, 4.69) is 0 Å². The maximum Gasteiger partial charge on any atom is 0.0836 e. The summed E-state index contributed by atoms with van der Waals surface area (Å²) in [5.41, 5.74) is 0. The van der Waals surface area contributed by atoms with Crippen molar-refractivity contribution >= 4 is 0 Å². The van der Waals surface area contributed by atoms with E-state index < -0.39 is 0 Å². The second kappa shape index (κ2) is 5.10. The minimum Gasteiger partial charge on any atom is -0.390 e. The SMILES string of the molecule is OC(C1CCOCC1)C1CCCCO1. The van der Waals surface area contributed by atoms with E-state index in [0.29, 0.717) is 5.92 Å². The van der Waals surface area contributed by atoms with Crippen molar-refractivity contribution in [2.45, 2.75) is 44.3 Å². The van der Waals surface area contributed by atoms with E-state index in [1.54, 1.807) is 0 Å². The van der Waals surface area contributed by atoms with E-state index in [-0.39, 0.29) is 12.2 Å². The van der Waals surface area contributed by atoms with Crippen LogP contribution in [0.1, 0.15) is 32.1 Å². The molecule has 0 spiro atoms. The average molecular weight is 200 g/mol. The molecule has 2 rings (SSSR count). The van der Waals surface area contributed by atoms with E-state index in [1.165, 1.54) is 6.42 Å². The summed E-state index contributed by atoms with van der Waals surface area (Å²) < 4.78 is 10.9. The van der Waals surface area contributed by atoms with Crippen LogP contribution in [0.3, 0.4) is 0 Å². The van der Waals surface area contributed by atoms with Crippen LogP contribution >= 0.6 is 0 Å². The third-order valence-corrected chi connectivity index (χ3v) is 3.34. The summed E-state index contributed by atoms with van der Waals surface area (Å²) in [6, 6.07) is 0.